The van der Waals surface area contributed by atoms with Gasteiger partial charge in [0.1, 0.15) is 11.8 Å². The van der Waals surface area contributed by atoms with Gasteiger partial charge < -0.3 is 20.1 Å². The van der Waals surface area contributed by atoms with E-state index in [2.05, 4.69) is 20.0 Å². The molecule has 0 saturated carbocycles. The van der Waals surface area contributed by atoms with E-state index in [-0.39, 0.29) is 17.7 Å². The summed E-state index contributed by atoms with van der Waals surface area (Å²) >= 11 is 0. The van der Waals surface area contributed by atoms with Crippen molar-refractivity contribution in [1.29, 1.82) is 0 Å². The summed E-state index contributed by atoms with van der Waals surface area (Å²) in [6.07, 6.45) is 3.25. The molecule has 7 heteroatoms. The van der Waals surface area contributed by atoms with Gasteiger partial charge in [0.15, 0.2) is 0 Å². The monoisotopic (exact) mass is 289 g/mol. The quantitative estimate of drug-likeness (QED) is 0.700. The molecule has 0 aliphatic heterocycles. The van der Waals surface area contributed by atoms with E-state index >= 15 is 0 Å². The number of ether oxygens (including phenoxy) is 1. The van der Waals surface area contributed by atoms with E-state index in [9.17, 15) is 14.7 Å². The van der Waals surface area contributed by atoms with Gasteiger partial charge in [0.25, 0.3) is 5.91 Å². The Morgan fingerprint density at radius 3 is 2.81 bits per heavy atom. The van der Waals surface area contributed by atoms with Crippen molar-refractivity contribution >= 4 is 11.9 Å². The van der Waals surface area contributed by atoms with Crippen LogP contribution in [0, 0.1) is 0 Å². The molecule has 1 atom stereocenters. The lowest BCUT2D eigenvalue weighted by molar-refractivity contribution is -0.142. The number of esters is 1. The maximum Gasteiger partial charge on any atom is 0.328 e. The number of hydrogen-bond donors (Lipinski definition) is 3. The Balaban J connectivity index is 2.13. The van der Waals surface area contributed by atoms with Crippen LogP contribution in [0.25, 0.3) is 0 Å². The van der Waals surface area contributed by atoms with Gasteiger partial charge in [0.05, 0.1) is 19.0 Å². The predicted octanol–water partition coefficient (Wildman–Crippen LogP) is 0.629. The molecule has 0 radical (unpaired) electrons. The lowest BCUT2D eigenvalue weighted by Crippen LogP contribution is -2.43. The number of para-hydroxylation sites is 1. The first-order valence-corrected chi connectivity index (χ1v) is 6.25. The number of carbonyl (C=O) groups excluding carboxylic acids is 2. The molecular weight excluding hydrogens is 274 g/mol. The van der Waals surface area contributed by atoms with Crippen LogP contribution in [0.15, 0.2) is 36.8 Å². The molecule has 1 aromatic heterocycles. The fraction of sp³-hybridized carbons (Fsp3) is 0.214. The number of benzene rings is 1. The topological polar surface area (TPSA) is 104 Å². The summed E-state index contributed by atoms with van der Waals surface area (Å²) in [4.78, 5) is 30.6. The third-order valence-corrected chi connectivity index (χ3v) is 2.92. The number of nitrogens with zero attached hydrogens (tertiary/aromatic N) is 1. The van der Waals surface area contributed by atoms with Gasteiger partial charge in [-0.25, -0.2) is 9.78 Å². The minimum atomic E-state index is -0.873. The van der Waals surface area contributed by atoms with E-state index in [1.54, 1.807) is 18.3 Å². The second-order valence-corrected chi connectivity index (χ2v) is 4.35. The van der Waals surface area contributed by atoms with E-state index in [1.807, 2.05) is 0 Å². The number of imidazole rings is 1. The van der Waals surface area contributed by atoms with Crippen molar-refractivity contribution in [2.45, 2.75) is 12.5 Å². The number of nitrogens with one attached hydrogen (secondary N) is 2. The standard InChI is InChI=1S/C14H15N3O4/c1-21-14(20)11(6-9-7-15-8-16-9)17-13(19)10-4-2-3-5-12(10)18/h2-5,7-8,11,18H,6H2,1H3,(H,15,16)(H,17,19). The summed E-state index contributed by atoms with van der Waals surface area (Å²) in [5.74, 6) is -1.28. The average Bonchev–Trinajstić information content (AvgIpc) is 2.99. The molecule has 0 saturated heterocycles. The minimum absolute atomic E-state index is 0.0935. The lowest BCUT2D eigenvalue weighted by atomic mass is 10.1. The number of aromatic amines is 1. The van der Waals surface area contributed by atoms with E-state index in [0.29, 0.717) is 5.69 Å². The number of hydrogen-bond acceptors (Lipinski definition) is 5. The number of amides is 1. The van der Waals surface area contributed by atoms with Crippen LogP contribution >= 0.6 is 0 Å². The molecular formula is C14H15N3O4. The van der Waals surface area contributed by atoms with Crippen LogP contribution in [0.5, 0.6) is 5.75 Å². The number of aromatic nitrogens is 2. The maximum absolute atomic E-state index is 12.1. The molecule has 3 N–H and O–H groups in total. The summed E-state index contributed by atoms with van der Waals surface area (Å²) in [5.41, 5.74) is 0.777. The summed E-state index contributed by atoms with van der Waals surface area (Å²) in [5, 5.41) is 12.2. The first-order chi connectivity index (χ1) is 10.1. The van der Waals surface area contributed by atoms with Crippen LogP contribution in [0.4, 0.5) is 0 Å². The van der Waals surface area contributed by atoms with Crippen molar-refractivity contribution in [3.05, 3.63) is 48.0 Å². The molecule has 1 aromatic carbocycles. The van der Waals surface area contributed by atoms with Crippen LogP contribution in [0.1, 0.15) is 16.1 Å². The van der Waals surface area contributed by atoms with E-state index in [1.165, 1.54) is 25.6 Å². The van der Waals surface area contributed by atoms with Crippen molar-refractivity contribution in [3.8, 4) is 5.75 Å². The second kappa shape index (κ2) is 6.56. The van der Waals surface area contributed by atoms with Crippen molar-refractivity contribution in [3.63, 3.8) is 0 Å². The zero-order valence-electron chi connectivity index (χ0n) is 11.4. The molecule has 0 aliphatic carbocycles. The SMILES string of the molecule is COC(=O)C(Cc1cnc[nH]1)NC(=O)c1ccccc1O. The molecule has 110 valence electrons. The third-order valence-electron chi connectivity index (χ3n) is 2.92. The Morgan fingerprint density at radius 1 is 1.43 bits per heavy atom. The van der Waals surface area contributed by atoms with Crippen molar-refractivity contribution < 1.29 is 19.4 Å². The fourth-order valence-electron chi connectivity index (χ4n) is 1.85. The number of rotatable bonds is 5. The molecule has 1 heterocycles. The zero-order valence-corrected chi connectivity index (χ0v) is 11.4. The van der Waals surface area contributed by atoms with Crippen molar-refractivity contribution in [1.82, 2.24) is 15.3 Å². The Hall–Kier alpha value is -2.83. The second-order valence-electron chi connectivity index (χ2n) is 4.35. The molecule has 21 heavy (non-hydrogen) atoms. The Morgan fingerprint density at radius 2 is 2.19 bits per heavy atom. The molecule has 1 unspecified atom stereocenters. The third kappa shape index (κ3) is 3.59. The van der Waals surface area contributed by atoms with E-state index in [0.717, 1.165) is 0 Å². The van der Waals surface area contributed by atoms with E-state index < -0.39 is 17.9 Å². The van der Waals surface area contributed by atoms with E-state index in [4.69, 9.17) is 0 Å². The highest BCUT2D eigenvalue weighted by molar-refractivity contribution is 5.98. The van der Waals surface area contributed by atoms with Crippen LogP contribution in [0.3, 0.4) is 0 Å². The first-order valence-electron chi connectivity index (χ1n) is 6.25. The summed E-state index contributed by atoms with van der Waals surface area (Å²) < 4.78 is 4.68. The molecule has 0 bridgehead atoms. The van der Waals surface area contributed by atoms with Gasteiger partial charge in [-0.1, -0.05) is 12.1 Å². The first kappa shape index (κ1) is 14.6. The zero-order chi connectivity index (χ0) is 15.2. The van der Waals surface area contributed by atoms with Crippen molar-refractivity contribution in [2.75, 3.05) is 7.11 Å². The normalized spacial score (nSPS) is 11.7. The van der Waals surface area contributed by atoms with Gasteiger partial charge in [-0.05, 0) is 12.1 Å². The highest BCUT2D eigenvalue weighted by Gasteiger charge is 2.24. The fourth-order valence-corrected chi connectivity index (χ4v) is 1.85. The molecule has 1 amide bonds. The van der Waals surface area contributed by atoms with Crippen LogP contribution in [-0.4, -0.2) is 40.1 Å². The smallest absolute Gasteiger partial charge is 0.328 e. The van der Waals surface area contributed by atoms with Gasteiger partial charge in [-0.2, -0.15) is 0 Å². The average molecular weight is 289 g/mol. The van der Waals surface area contributed by atoms with Crippen LogP contribution < -0.4 is 5.32 Å². The van der Waals surface area contributed by atoms with Gasteiger partial charge in [-0.15, -0.1) is 0 Å². The molecule has 0 spiro atoms. The number of H-pyrrole nitrogens is 1. The molecule has 0 aliphatic rings. The lowest BCUT2D eigenvalue weighted by Gasteiger charge is -2.16. The number of aromatic hydroxyl groups is 1. The van der Waals surface area contributed by atoms with Gasteiger partial charge in [0.2, 0.25) is 0 Å². The maximum atomic E-state index is 12.1. The molecule has 0 fully saturated rings. The van der Waals surface area contributed by atoms with Crippen LogP contribution in [-0.2, 0) is 16.0 Å². The van der Waals surface area contributed by atoms with Crippen LogP contribution in [0.2, 0.25) is 0 Å². The Labute approximate surface area is 121 Å². The predicted molar refractivity (Wildman–Crippen MR) is 73.7 cm³/mol. The molecule has 2 aromatic rings. The molecule has 2 rings (SSSR count). The number of methoxy groups -OCH3 is 1. The largest absolute Gasteiger partial charge is 0.507 e. The highest BCUT2D eigenvalue weighted by Crippen LogP contribution is 2.15. The Kier molecular flexibility index (Phi) is 4.55. The van der Waals surface area contributed by atoms with Gasteiger partial charge >= 0.3 is 5.97 Å². The summed E-state index contributed by atoms with van der Waals surface area (Å²) in [6.45, 7) is 0. The summed E-state index contributed by atoms with van der Waals surface area (Å²) in [6, 6.07) is 5.22. The Bertz CT molecular complexity index is 625. The molecule has 7 nitrogen and oxygen atoms in total. The van der Waals surface area contributed by atoms with Gasteiger partial charge in [-0.3, -0.25) is 4.79 Å². The van der Waals surface area contributed by atoms with Gasteiger partial charge in [0, 0.05) is 18.3 Å². The van der Waals surface area contributed by atoms with Crippen molar-refractivity contribution in [2.24, 2.45) is 0 Å². The number of carbonyl (C=O) groups is 2. The highest BCUT2D eigenvalue weighted by atomic mass is 16.5. The minimum Gasteiger partial charge on any atom is -0.507 e. The number of phenols is 1. The summed E-state index contributed by atoms with van der Waals surface area (Å²) in [7, 11) is 1.24. The number of phenolic OH excluding ortho intramolecular Hbond substituents is 1.